The fourth-order valence-electron chi connectivity index (χ4n) is 2.07. The highest BCUT2D eigenvalue weighted by atomic mass is 32.1. The van der Waals surface area contributed by atoms with Crippen molar-refractivity contribution >= 4 is 16.3 Å². The van der Waals surface area contributed by atoms with Gasteiger partial charge < -0.3 is 0 Å². The number of nitrogens with zero attached hydrogens (tertiary/aromatic N) is 6. The standard InChI is InChI=1S/C13H10N6S/c1-18-10(7-8-14-18)12-17-19-11(15-16-13(19)20-12)9-5-3-2-4-6-9/h2-8H,1H3. The fourth-order valence-corrected chi connectivity index (χ4v) is 2.97. The van der Waals surface area contributed by atoms with Gasteiger partial charge in [0.1, 0.15) is 0 Å². The number of hydrogen-bond donors (Lipinski definition) is 0. The summed E-state index contributed by atoms with van der Waals surface area (Å²) < 4.78 is 3.58. The van der Waals surface area contributed by atoms with E-state index in [1.807, 2.05) is 43.4 Å². The van der Waals surface area contributed by atoms with E-state index in [0.717, 1.165) is 27.1 Å². The molecular formula is C13H10N6S. The molecule has 7 heteroatoms. The number of benzene rings is 1. The predicted octanol–water partition coefficient (Wildman–Crippen LogP) is 2.25. The molecule has 0 N–H and O–H groups in total. The van der Waals surface area contributed by atoms with E-state index in [1.165, 1.54) is 11.3 Å². The molecule has 0 atom stereocenters. The predicted molar refractivity (Wildman–Crippen MR) is 76.3 cm³/mol. The van der Waals surface area contributed by atoms with Crippen molar-refractivity contribution in [3.63, 3.8) is 0 Å². The Morgan fingerprint density at radius 3 is 2.65 bits per heavy atom. The summed E-state index contributed by atoms with van der Waals surface area (Å²) in [5.74, 6) is 0.755. The van der Waals surface area contributed by atoms with Gasteiger partial charge in [0.15, 0.2) is 10.8 Å². The van der Waals surface area contributed by atoms with E-state index in [1.54, 1.807) is 15.4 Å². The maximum absolute atomic E-state index is 4.60. The van der Waals surface area contributed by atoms with Crippen molar-refractivity contribution in [2.45, 2.75) is 0 Å². The minimum atomic E-state index is 0.755. The fraction of sp³-hybridized carbons (Fsp3) is 0.0769. The zero-order chi connectivity index (χ0) is 13.5. The normalized spacial score (nSPS) is 11.2. The topological polar surface area (TPSA) is 60.9 Å². The first kappa shape index (κ1) is 11.3. The SMILES string of the molecule is Cn1nccc1-c1nn2c(-c3ccccc3)nnc2s1. The first-order valence-electron chi connectivity index (χ1n) is 6.09. The van der Waals surface area contributed by atoms with Crippen LogP contribution in [0.3, 0.4) is 0 Å². The summed E-state index contributed by atoms with van der Waals surface area (Å²) in [6.07, 6.45) is 1.76. The van der Waals surface area contributed by atoms with Crippen molar-refractivity contribution in [3.8, 4) is 22.1 Å². The summed E-state index contributed by atoms with van der Waals surface area (Å²) in [4.78, 5) is 0.778. The quantitative estimate of drug-likeness (QED) is 0.566. The summed E-state index contributed by atoms with van der Waals surface area (Å²) in [5.41, 5.74) is 1.97. The largest absolute Gasteiger partial charge is 0.265 e. The molecular weight excluding hydrogens is 272 g/mol. The van der Waals surface area contributed by atoms with Crippen LogP contribution < -0.4 is 0 Å². The summed E-state index contributed by atoms with van der Waals surface area (Å²) >= 11 is 1.50. The second-order valence-electron chi connectivity index (χ2n) is 4.33. The van der Waals surface area contributed by atoms with E-state index in [4.69, 9.17) is 0 Å². The Hall–Kier alpha value is -2.54. The Bertz CT molecular complexity index is 873. The smallest absolute Gasteiger partial charge is 0.235 e. The van der Waals surface area contributed by atoms with E-state index in [2.05, 4.69) is 20.4 Å². The molecule has 3 aromatic heterocycles. The van der Waals surface area contributed by atoms with Crippen molar-refractivity contribution < 1.29 is 0 Å². The van der Waals surface area contributed by atoms with Crippen molar-refractivity contribution in [3.05, 3.63) is 42.6 Å². The summed E-state index contributed by atoms with van der Waals surface area (Å²) in [6.45, 7) is 0. The lowest BCUT2D eigenvalue weighted by Crippen LogP contribution is -1.95. The van der Waals surface area contributed by atoms with Crippen LogP contribution in [-0.2, 0) is 7.05 Å². The zero-order valence-electron chi connectivity index (χ0n) is 10.6. The van der Waals surface area contributed by atoms with Crippen molar-refractivity contribution in [2.24, 2.45) is 7.05 Å². The van der Waals surface area contributed by atoms with Crippen LogP contribution in [0.5, 0.6) is 0 Å². The van der Waals surface area contributed by atoms with Gasteiger partial charge in [0.25, 0.3) is 0 Å². The van der Waals surface area contributed by atoms with Gasteiger partial charge in [0.05, 0.1) is 5.69 Å². The lowest BCUT2D eigenvalue weighted by molar-refractivity contribution is 0.772. The molecule has 0 bridgehead atoms. The maximum Gasteiger partial charge on any atom is 0.235 e. The van der Waals surface area contributed by atoms with Gasteiger partial charge in [-0.3, -0.25) is 4.68 Å². The van der Waals surface area contributed by atoms with Crippen LogP contribution in [0.2, 0.25) is 0 Å². The molecule has 0 aliphatic carbocycles. The highest BCUT2D eigenvalue weighted by Gasteiger charge is 2.15. The zero-order valence-corrected chi connectivity index (χ0v) is 11.4. The molecule has 0 unspecified atom stereocenters. The third kappa shape index (κ3) is 1.64. The molecule has 1 aromatic carbocycles. The van der Waals surface area contributed by atoms with Crippen LogP contribution >= 0.6 is 11.3 Å². The van der Waals surface area contributed by atoms with Gasteiger partial charge in [0, 0.05) is 18.8 Å². The number of rotatable bonds is 2. The molecule has 0 radical (unpaired) electrons. The number of hydrogen-bond acceptors (Lipinski definition) is 5. The number of aromatic nitrogens is 6. The molecule has 3 heterocycles. The Kier molecular flexibility index (Phi) is 2.40. The van der Waals surface area contributed by atoms with Crippen LogP contribution in [0.1, 0.15) is 0 Å². The lowest BCUT2D eigenvalue weighted by Gasteiger charge is -1.96. The van der Waals surface area contributed by atoms with E-state index >= 15 is 0 Å². The Balaban J connectivity index is 1.90. The molecule has 0 spiro atoms. The van der Waals surface area contributed by atoms with Gasteiger partial charge in [-0.25, -0.2) is 0 Å². The molecule has 0 aliphatic heterocycles. The Morgan fingerprint density at radius 1 is 1.05 bits per heavy atom. The summed E-state index contributed by atoms with van der Waals surface area (Å²) in [6, 6.07) is 11.9. The minimum Gasteiger partial charge on any atom is -0.265 e. The maximum atomic E-state index is 4.60. The molecule has 98 valence electrons. The van der Waals surface area contributed by atoms with Gasteiger partial charge in [-0.1, -0.05) is 41.7 Å². The molecule has 0 fully saturated rings. The summed E-state index contributed by atoms with van der Waals surface area (Å²) in [5, 5.41) is 18.1. The van der Waals surface area contributed by atoms with E-state index < -0.39 is 0 Å². The van der Waals surface area contributed by atoms with Gasteiger partial charge in [-0.05, 0) is 6.07 Å². The number of aryl methyl sites for hydroxylation is 1. The Morgan fingerprint density at radius 2 is 1.90 bits per heavy atom. The minimum absolute atomic E-state index is 0.755. The Labute approximate surface area is 118 Å². The molecule has 4 aromatic rings. The van der Waals surface area contributed by atoms with Crippen molar-refractivity contribution in [1.29, 1.82) is 0 Å². The second-order valence-corrected chi connectivity index (χ2v) is 5.29. The molecule has 0 saturated heterocycles. The van der Waals surface area contributed by atoms with Gasteiger partial charge in [-0.15, -0.1) is 10.2 Å². The van der Waals surface area contributed by atoms with E-state index in [-0.39, 0.29) is 0 Å². The average molecular weight is 282 g/mol. The first-order valence-corrected chi connectivity index (χ1v) is 6.90. The van der Waals surface area contributed by atoms with Crippen LogP contribution in [0.15, 0.2) is 42.6 Å². The molecule has 0 aliphatic rings. The van der Waals surface area contributed by atoms with Crippen LogP contribution in [0.25, 0.3) is 27.1 Å². The van der Waals surface area contributed by atoms with Crippen LogP contribution in [0, 0.1) is 0 Å². The first-order chi connectivity index (χ1) is 9.83. The van der Waals surface area contributed by atoms with E-state index in [9.17, 15) is 0 Å². The third-order valence-corrected chi connectivity index (χ3v) is 3.98. The molecule has 20 heavy (non-hydrogen) atoms. The molecule has 0 saturated carbocycles. The second kappa shape index (κ2) is 4.24. The average Bonchev–Trinajstić information content (AvgIpc) is 3.13. The molecule has 6 nitrogen and oxygen atoms in total. The van der Waals surface area contributed by atoms with Gasteiger partial charge >= 0.3 is 0 Å². The molecule has 4 rings (SSSR count). The highest BCUT2D eigenvalue weighted by molar-refractivity contribution is 7.19. The van der Waals surface area contributed by atoms with Gasteiger partial charge in [0.2, 0.25) is 4.96 Å². The number of fused-ring (bicyclic) bond motifs is 1. The monoisotopic (exact) mass is 282 g/mol. The lowest BCUT2D eigenvalue weighted by atomic mass is 10.2. The van der Waals surface area contributed by atoms with Crippen molar-refractivity contribution in [1.82, 2.24) is 29.6 Å². The van der Waals surface area contributed by atoms with Crippen LogP contribution in [-0.4, -0.2) is 29.6 Å². The van der Waals surface area contributed by atoms with Crippen molar-refractivity contribution in [2.75, 3.05) is 0 Å². The van der Waals surface area contributed by atoms with Crippen LogP contribution in [0.4, 0.5) is 0 Å². The molecule has 0 amide bonds. The highest BCUT2D eigenvalue weighted by Crippen LogP contribution is 2.27. The summed E-state index contributed by atoms with van der Waals surface area (Å²) in [7, 11) is 1.90. The third-order valence-electron chi connectivity index (χ3n) is 3.06. The van der Waals surface area contributed by atoms with E-state index in [0.29, 0.717) is 0 Å². The van der Waals surface area contributed by atoms with Gasteiger partial charge in [-0.2, -0.15) is 14.7 Å².